The SMILES string of the molecule is N#CC(c1ccc(Cl)cc1)c1c(Cl)cc([N+](=O)[O-])cc1Cl. The summed E-state index contributed by atoms with van der Waals surface area (Å²) in [6.07, 6.45) is 0. The maximum atomic E-state index is 10.8. The van der Waals surface area contributed by atoms with Crippen LogP contribution in [0.2, 0.25) is 15.1 Å². The summed E-state index contributed by atoms with van der Waals surface area (Å²) in [5, 5.41) is 20.9. The molecular formula is C14H7Cl3N2O2. The molecule has 0 spiro atoms. The molecule has 21 heavy (non-hydrogen) atoms. The summed E-state index contributed by atoms with van der Waals surface area (Å²) in [5.74, 6) is -0.733. The Labute approximate surface area is 135 Å². The number of nitrogens with zero attached hydrogens (tertiary/aromatic N) is 2. The summed E-state index contributed by atoms with van der Waals surface area (Å²) in [6.45, 7) is 0. The van der Waals surface area contributed by atoms with E-state index in [0.29, 0.717) is 16.1 Å². The van der Waals surface area contributed by atoms with Crippen LogP contribution in [0, 0.1) is 21.4 Å². The highest BCUT2D eigenvalue weighted by Gasteiger charge is 2.23. The molecule has 7 heteroatoms. The lowest BCUT2D eigenvalue weighted by Gasteiger charge is -2.13. The highest BCUT2D eigenvalue weighted by atomic mass is 35.5. The Balaban J connectivity index is 2.56. The van der Waals surface area contributed by atoms with Gasteiger partial charge in [-0.1, -0.05) is 46.9 Å². The standard InChI is InChI=1S/C14H7Cl3N2O2/c15-9-3-1-8(2-4-9)11(7-18)14-12(16)5-10(19(20)21)6-13(14)17/h1-6,11H. The fourth-order valence-corrected chi connectivity index (χ4v) is 2.73. The predicted octanol–water partition coefficient (Wildman–Crippen LogP) is 5.21. The van der Waals surface area contributed by atoms with Crippen molar-refractivity contribution in [1.29, 1.82) is 5.26 Å². The van der Waals surface area contributed by atoms with Crippen molar-refractivity contribution in [2.24, 2.45) is 0 Å². The highest BCUT2D eigenvalue weighted by molar-refractivity contribution is 6.36. The minimum atomic E-state index is -0.733. The van der Waals surface area contributed by atoms with Crippen molar-refractivity contribution in [3.05, 3.63) is 72.7 Å². The van der Waals surface area contributed by atoms with Crippen molar-refractivity contribution in [3.8, 4) is 6.07 Å². The average Bonchev–Trinajstić information content (AvgIpc) is 2.43. The molecule has 1 atom stereocenters. The first-order chi connectivity index (χ1) is 9.93. The summed E-state index contributed by atoms with van der Waals surface area (Å²) in [4.78, 5) is 10.2. The van der Waals surface area contributed by atoms with Gasteiger partial charge in [0.15, 0.2) is 0 Å². The Bertz CT molecular complexity index is 716. The van der Waals surface area contributed by atoms with Crippen LogP contribution in [0.15, 0.2) is 36.4 Å². The molecule has 2 rings (SSSR count). The van der Waals surface area contributed by atoms with Crippen LogP contribution in [0.1, 0.15) is 17.0 Å². The van der Waals surface area contributed by atoms with Crippen LogP contribution < -0.4 is 0 Å². The van der Waals surface area contributed by atoms with Crippen LogP contribution in [0.5, 0.6) is 0 Å². The van der Waals surface area contributed by atoms with Crippen molar-refractivity contribution in [2.75, 3.05) is 0 Å². The zero-order chi connectivity index (χ0) is 15.6. The van der Waals surface area contributed by atoms with Crippen molar-refractivity contribution < 1.29 is 4.92 Å². The molecule has 106 valence electrons. The molecule has 0 fully saturated rings. The van der Waals surface area contributed by atoms with Gasteiger partial charge >= 0.3 is 0 Å². The fraction of sp³-hybridized carbons (Fsp3) is 0.0714. The second kappa shape index (κ2) is 6.31. The maximum Gasteiger partial charge on any atom is 0.272 e. The summed E-state index contributed by atoms with van der Waals surface area (Å²) in [5.41, 5.74) is 0.773. The van der Waals surface area contributed by atoms with E-state index in [9.17, 15) is 15.4 Å². The number of nitriles is 1. The molecular weight excluding hydrogens is 335 g/mol. The normalized spacial score (nSPS) is 11.7. The Hall–Kier alpha value is -1.80. The molecule has 2 aromatic rings. The van der Waals surface area contributed by atoms with Crippen LogP contribution in [0.3, 0.4) is 0 Å². The van der Waals surface area contributed by atoms with Gasteiger partial charge in [0.1, 0.15) is 0 Å². The first-order valence-corrected chi connectivity index (χ1v) is 6.86. The number of nitro groups is 1. The third kappa shape index (κ3) is 3.27. The molecule has 0 radical (unpaired) electrons. The van der Waals surface area contributed by atoms with Gasteiger partial charge in [0.2, 0.25) is 0 Å². The van der Waals surface area contributed by atoms with Crippen molar-refractivity contribution >= 4 is 40.5 Å². The topological polar surface area (TPSA) is 66.9 Å². The van der Waals surface area contributed by atoms with E-state index in [4.69, 9.17) is 34.8 Å². The Morgan fingerprint density at radius 3 is 2.05 bits per heavy atom. The number of halogens is 3. The van der Waals surface area contributed by atoms with E-state index in [1.807, 2.05) is 0 Å². The Morgan fingerprint density at radius 1 is 1.10 bits per heavy atom. The lowest BCUT2D eigenvalue weighted by atomic mass is 9.92. The van der Waals surface area contributed by atoms with Crippen LogP contribution in [-0.2, 0) is 0 Å². The molecule has 2 aromatic carbocycles. The first-order valence-electron chi connectivity index (χ1n) is 5.72. The van der Waals surface area contributed by atoms with Crippen LogP contribution >= 0.6 is 34.8 Å². The molecule has 0 aliphatic rings. The number of hydrogen-bond donors (Lipinski definition) is 0. The summed E-state index contributed by atoms with van der Waals surface area (Å²) < 4.78 is 0. The van der Waals surface area contributed by atoms with Crippen molar-refractivity contribution in [2.45, 2.75) is 5.92 Å². The number of benzene rings is 2. The largest absolute Gasteiger partial charge is 0.272 e. The molecule has 0 aromatic heterocycles. The van der Waals surface area contributed by atoms with E-state index in [2.05, 4.69) is 6.07 Å². The second-order valence-corrected chi connectivity index (χ2v) is 5.44. The molecule has 0 amide bonds. The molecule has 0 aliphatic heterocycles. The number of nitro benzene ring substituents is 1. The smallest absolute Gasteiger partial charge is 0.258 e. The molecule has 0 aliphatic carbocycles. The number of rotatable bonds is 3. The lowest BCUT2D eigenvalue weighted by molar-refractivity contribution is -0.384. The van der Waals surface area contributed by atoms with Gasteiger partial charge < -0.3 is 0 Å². The van der Waals surface area contributed by atoms with E-state index in [1.54, 1.807) is 24.3 Å². The van der Waals surface area contributed by atoms with E-state index < -0.39 is 10.8 Å². The van der Waals surface area contributed by atoms with Gasteiger partial charge in [-0.3, -0.25) is 10.1 Å². The monoisotopic (exact) mass is 340 g/mol. The zero-order valence-electron chi connectivity index (χ0n) is 10.4. The van der Waals surface area contributed by atoms with E-state index in [1.165, 1.54) is 12.1 Å². The molecule has 0 saturated carbocycles. The van der Waals surface area contributed by atoms with Gasteiger partial charge in [-0.05, 0) is 17.7 Å². The van der Waals surface area contributed by atoms with Crippen LogP contribution in [0.4, 0.5) is 5.69 Å². The van der Waals surface area contributed by atoms with Gasteiger partial charge in [-0.2, -0.15) is 5.26 Å². The summed E-state index contributed by atoms with van der Waals surface area (Å²) in [6, 6.07) is 11.1. The zero-order valence-corrected chi connectivity index (χ0v) is 12.7. The van der Waals surface area contributed by atoms with Crippen LogP contribution in [-0.4, -0.2) is 4.92 Å². The Kier molecular flexibility index (Phi) is 4.69. The highest BCUT2D eigenvalue weighted by Crippen LogP contribution is 2.38. The molecule has 4 nitrogen and oxygen atoms in total. The molecule has 0 bridgehead atoms. The van der Waals surface area contributed by atoms with Gasteiger partial charge in [0.25, 0.3) is 5.69 Å². The minimum Gasteiger partial charge on any atom is -0.258 e. The lowest BCUT2D eigenvalue weighted by Crippen LogP contribution is -2.01. The molecule has 1 unspecified atom stereocenters. The minimum absolute atomic E-state index is 0.0794. The van der Waals surface area contributed by atoms with Crippen molar-refractivity contribution in [3.63, 3.8) is 0 Å². The number of non-ortho nitro benzene ring substituents is 1. The molecule has 0 saturated heterocycles. The molecule has 0 N–H and O–H groups in total. The van der Waals surface area contributed by atoms with Crippen molar-refractivity contribution in [1.82, 2.24) is 0 Å². The average molecular weight is 342 g/mol. The summed E-state index contributed by atoms with van der Waals surface area (Å²) in [7, 11) is 0. The van der Waals surface area contributed by atoms with E-state index >= 15 is 0 Å². The van der Waals surface area contributed by atoms with Gasteiger partial charge in [0.05, 0.1) is 27.0 Å². The van der Waals surface area contributed by atoms with Gasteiger partial charge in [-0.25, -0.2) is 0 Å². The van der Waals surface area contributed by atoms with E-state index in [-0.39, 0.29) is 15.7 Å². The van der Waals surface area contributed by atoms with Gasteiger partial charge in [-0.15, -0.1) is 0 Å². The predicted molar refractivity (Wildman–Crippen MR) is 82.0 cm³/mol. The Morgan fingerprint density at radius 2 is 1.62 bits per heavy atom. The second-order valence-electron chi connectivity index (χ2n) is 4.19. The first kappa shape index (κ1) is 15.6. The quantitative estimate of drug-likeness (QED) is 0.568. The third-order valence-electron chi connectivity index (χ3n) is 2.90. The third-order valence-corrected chi connectivity index (χ3v) is 3.77. The fourth-order valence-electron chi connectivity index (χ4n) is 1.91. The van der Waals surface area contributed by atoms with Gasteiger partial charge in [0, 0.05) is 22.7 Å². The molecule has 0 heterocycles. The van der Waals surface area contributed by atoms with E-state index in [0.717, 1.165) is 0 Å². The summed E-state index contributed by atoms with van der Waals surface area (Å²) >= 11 is 17.9. The maximum absolute atomic E-state index is 10.8. The number of hydrogen-bond acceptors (Lipinski definition) is 3. The van der Waals surface area contributed by atoms with Crippen LogP contribution in [0.25, 0.3) is 0 Å².